The van der Waals surface area contributed by atoms with Crippen LogP contribution in [0.5, 0.6) is 0 Å². The van der Waals surface area contributed by atoms with Gasteiger partial charge in [-0.15, -0.1) is 0 Å². The van der Waals surface area contributed by atoms with Crippen molar-refractivity contribution in [2.24, 2.45) is 0 Å². The maximum atomic E-state index is 2.26. The van der Waals surface area contributed by atoms with E-state index in [-0.39, 0.29) is 0 Å². The Morgan fingerprint density at radius 3 is 1.55 bits per heavy atom. The highest BCUT2D eigenvalue weighted by atomic mass is 33.7. The van der Waals surface area contributed by atoms with Crippen LogP contribution in [0.1, 0.15) is 22.3 Å². The summed E-state index contributed by atoms with van der Waals surface area (Å²) >= 11 is 0. The molecule has 0 aromatic heterocycles. The number of hydrogen-bond donors (Lipinski definition) is 0. The molecule has 0 aliphatic rings. The van der Waals surface area contributed by atoms with Crippen LogP contribution >= 0.6 is 41.2 Å². The molecule has 106 valence electrons. The molecule has 2 rings (SSSR count). The molecule has 20 heavy (non-hydrogen) atoms. The minimum Gasteiger partial charge on any atom is -0.0769 e. The second-order valence-electron chi connectivity index (χ2n) is 4.64. The number of rotatable bonds is 7. The second-order valence-corrected chi connectivity index (χ2v) is 10.6. The summed E-state index contributed by atoms with van der Waals surface area (Å²) in [5, 5.41) is 0. The van der Waals surface area contributed by atoms with Crippen molar-refractivity contribution in [2.75, 3.05) is 0 Å². The summed E-state index contributed by atoms with van der Waals surface area (Å²) in [6.45, 7) is 4.29. The average Bonchev–Trinajstić information content (AvgIpc) is 2.43. The number of benzene rings is 2. The molecular weight excluding hydrogens is 320 g/mol. The molecule has 0 spiro atoms. The molecule has 0 saturated heterocycles. The highest BCUT2D eigenvalue weighted by molar-refractivity contribution is 9.25. The molecule has 0 bridgehead atoms. The Balaban J connectivity index is 1.60. The van der Waals surface area contributed by atoms with Crippen molar-refractivity contribution in [1.82, 2.24) is 0 Å². The van der Waals surface area contributed by atoms with Crippen LogP contribution in [-0.4, -0.2) is 0 Å². The minimum absolute atomic E-state index is 1.07. The van der Waals surface area contributed by atoms with E-state index in [9.17, 15) is 0 Å². The first kappa shape index (κ1) is 16.2. The molecule has 4 heteroatoms. The molecule has 0 fully saturated rings. The molecule has 0 nitrogen and oxygen atoms in total. The topological polar surface area (TPSA) is 0 Å². The van der Waals surface area contributed by atoms with E-state index in [1.54, 1.807) is 0 Å². The van der Waals surface area contributed by atoms with E-state index in [1.165, 1.54) is 22.3 Å². The van der Waals surface area contributed by atoms with Gasteiger partial charge in [-0.25, -0.2) is 0 Å². The zero-order chi connectivity index (χ0) is 14.2. The van der Waals surface area contributed by atoms with E-state index < -0.39 is 0 Å². The van der Waals surface area contributed by atoms with Crippen molar-refractivity contribution in [2.45, 2.75) is 25.4 Å². The third-order valence-electron chi connectivity index (χ3n) is 2.74. The summed E-state index contributed by atoms with van der Waals surface area (Å²) in [5.74, 6) is 2.15. The highest BCUT2D eigenvalue weighted by Gasteiger charge is 1.98. The van der Waals surface area contributed by atoms with E-state index >= 15 is 0 Å². The van der Waals surface area contributed by atoms with Crippen LogP contribution in [-0.2, 0) is 11.5 Å². The van der Waals surface area contributed by atoms with E-state index in [0.717, 1.165) is 11.5 Å². The highest BCUT2D eigenvalue weighted by Crippen LogP contribution is 2.45. The van der Waals surface area contributed by atoms with Crippen molar-refractivity contribution in [3.63, 3.8) is 0 Å². The fourth-order valence-electron chi connectivity index (χ4n) is 1.83. The lowest BCUT2D eigenvalue weighted by molar-refractivity contribution is 1.36. The van der Waals surface area contributed by atoms with Gasteiger partial charge in [-0.3, -0.25) is 0 Å². The fraction of sp³-hybridized carbons (Fsp3) is 0.250. The lowest BCUT2D eigenvalue weighted by Gasteiger charge is -2.03. The SMILES string of the molecule is Cc1cccc(CSSSSCc2cccc(C)c2)c1. The summed E-state index contributed by atoms with van der Waals surface area (Å²) in [6, 6.07) is 17.5. The van der Waals surface area contributed by atoms with Gasteiger partial charge in [0.25, 0.3) is 0 Å². The molecule has 0 amide bonds. The smallest absolute Gasteiger partial charge is 0.0297 e. The first-order chi connectivity index (χ1) is 9.74. The molecule has 0 radical (unpaired) electrons. The van der Waals surface area contributed by atoms with Crippen LogP contribution in [0.3, 0.4) is 0 Å². The Morgan fingerprint density at radius 1 is 0.700 bits per heavy atom. The standard InChI is InChI=1S/C16H18S4/c1-13-5-3-7-15(9-13)11-17-19-20-18-12-16-8-4-6-14(2)10-16/h3-10H,11-12H2,1-2H3. The van der Waals surface area contributed by atoms with Gasteiger partial charge in [-0.1, -0.05) is 81.2 Å². The quantitative estimate of drug-likeness (QED) is 0.407. The summed E-state index contributed by atoms with van der Waals surface area (Å²) in [6.07, 6.45) is 0. The molecule has 0 aliphatic carbocycles. The van der Waals surface area contributed by atoms with Crippen molar-refractivity contribution in [3.05, 3.63) is 70.8 Å². The third-order valence-corrected chi connectivity index (χ3v) is 9.07. The zero-order valence-corrected chi connectivity index (χ0v) is 14.9. The van der Waals surface area contributed by atoms with Gasteiger partial charge in [-0.05, 0) is 44.6 Å². The Hall–Kier alpha value is -0.160. The molecule has 0 N–H and O–H groups in total. The third kappa shape index (κ3) is 6.08. The van der Waals surface area contributed by atoms with Crippen LogP contribution in [0.25, 0.3) is 0 Å². The molecule has 0 atom stereocenters. The minimum atomic E-state index is 1.07. The summed E-state index contributed by atoms with van der Waals surface area (Å²) in [4.78, 5) is 0. The van der Waals surface area contributed by atoms with Crippen LogP contribution < -0.4 is 0 Å². The predicted octanol–water partition coefficient (Wildman–Crippen LogP) is 6.68. The van der Waals surface area contributed by atoms with E-state index in [2.05, 4.69) is 62.4 Å². The van der Waals surface area contributed by atoms with Gasteiger partial charge in [0.2, 0.25) is 0 Å². The van der Waals surface area contributed by atoms with Crippen molar-refractivity contribution in [3.8, 4) is 0 Å². The Labute approximate surface area is 137 Å². The summed E-state index contributed by atoms with van der Waals surface area (Å²) in [7, 11) is 7.57. The van der Waals surface area contributed by atoms with Crippen molar-refractivity contribution in [1.29, 1.82) is 0 Å². The van der Waals surface area contributed by atoms with Gasteiger partial charge in [0.1, 0.15) is 0 Å². The van der Waals surface area contributed by atoms with Crippen LogP contribution in [0.15, 0.2) is 48.5 Å². The Morgan fingerprint density at radius 2 is 1.15 bits per heavy atom. The van der Waals surface area contributed by atoms with E-state index in [4.69, 9.17) is 0 Å². The second kappa shape index (κ2) is 8.98. The predicted molar refractivity (Wildman–Crippen MR) is 100 cm³/mol. The first-order valence-corrected chi connectivity index (χ1v) is 11.6. The normalized spacial score (nSPS) is 10.7. The largest absolute Gasteiger partial charge is 0.0769 e. The maximum absolute atomic E-state index is 2.26. The zero-order valence-electron chi connectivity index (χ0n) is 11.7. The van der Waals surface area contributed by atoms with Crippen molar-refractivity contribution >= 4 is 41.2 Å². The molecule has 0 aliphatic heterocycles. The molecule has 2 aromatic carbocycles. The van der Waals surface area contributed by atoms with E-state index in [1.807, 2.05) is 41.2 Å². The number of hydrogen-bond acceptors (Lipinski definition) is 4. The van der Waals surface area contributed by atoms with Crippen LogP contribution in [0.2, 0.25) is 0 Å². The molecule has 2 aromatic rings. The average molecular weight is 339 g/mol. The molecular formula is C16H18S4. The maximum Gasteiger partial charge on any atom is 0.0297 e. The van der Waals surface area contributed by atoms with Crippen molar-refractivity contribution < 1.29 is 0 Å². The number of aryl methyl sites for hydroxylation is 2. The Kier molecular flexibility index (Phi) is 7.28. The van der Waals surface area contributed by atoms with Crippen LogP contribution in [0, 0.1) is 13.8 Å². The Bertz CT molecular complexity index is 490. The van der Waals surface area contributed by atoms with Gasteiger partial charge in [0.15, 0.2) is 0 Å². The van der Waals surface area contributed by atoms with E-state index in [0.29, 0.717) is 0 Å². The molecule has 0 unspecified atom stereocenters. The summed E-state index contributed by atoms with van der Waals surface area (Å²) in [5.41, 5.74) is 5.50. The lowest BCUT2D eigenvalue weighted by atomic mass is 10.2. The van der Waals surface area contributed by atoms with Crippen LogP contribution in [0.4, 0.5) is 0 Å². The fourth-order valence-corrected chi connectivity index (χ4v) is 7.67. The van der Waals surface area contributed by atoms with Gasteiger partial charge in [0.05, 0.1) is 0 Å². The van der Waals surface area contributed by atoms with Gasteiger partial charge in [-0.2, -0.15) is 0 Å². The monoisotopic (exact) mass is 338 g/mol. The first-order valence-electron chi connectivity index (χ1n) is 6.43. The molecule has 0 saturated carbocycles. The van der Waals surface area contributed by atoms with Gasteiger partial charge in [0, 0.05) is 11.5 Å². The lowest BCUT2D eigenvalue weighted by Crippen LogP contribution is -1.79. The summed E-state index contributed by atoms with van der Waals surface area (Å²) < 4.78 is 0. The molecule has 0 heterocycles. The van der Waals surface area contributed by atoms with Gasteiger partial charge >= 0.3 is 0 Å². The van der Waals surface area contributed by atoms with Gasteiger partial charge < -0.3 is 0 Å².